The summed E-state index contributed by atoms with van der Waals surface area (Å²) in [5.41, 5.74) is 7.30. The van der Waals surface area contributed by atoms with Gasteiger partial charge >= 0.3 is 0 Å². The van der Waals surface area contributed by atoms with E-state index < -0.39 is 0 Å². The molecule has 0 radical (unpaired) electrons. The van der Waals surface area contributed by atoms with Crippen molar-refractivity contribution in [3.8, 4) is 11.6 Å². The SMILES string of the molecule is CCCCNc1ncnc(Oc2cccc3cccnc23)c1N. The summed E-state index contributed by atoms with van der Waals surface area (Å²) < 4.78 is 5.89. The highest BCUT2D eigenvalue weighted by molar-refractivity contribution is 5.84. The number of hydrogen-bond donors (Lipinski definition) is 2. The first-order chi connectivity index (χ1) is 11.3. The van der Waals surface area contributed by atoms with E-state index in [4.69, 9.17) is 10.5 Å². The zero-order chi connectivity index (χ0) is 16.1. The van der Waals surface area contributed by atoms with Crippen molar-refractivity contribution in [2.24, 2.45) is 0 Å². The Morgan fingerprint density at radius 1 is 1.13 bits per heavy atom. The van der Waals surface area contributed by atoms with E-state index in [1.807, 2.05) is 30.3 Å². The summed E-state index contributed by atoms with van der Waals surface area (Å²) in [4.78, 5) is 12.7. The molecule has 1 aromatic carbocycles. The maximum atomic E-state index is 6.12. The van der Waals surface area contributed by atoms with Gasteiger partial charge in [-0.2, -0.15) is 4.98 Å². The van der Waals surface area contributed by atoms with Gasteiger partial charge in [-0.3, -0.25) is 4.98 Å². The van der Waals surface area contributed by atoms with Gasteiger partial charge in [0.05, 0.1) is 0 Å². The minimum absolute atomic E-state index is 0.331. The fraction of sp³-hybridized carbons (Fsp3) is 0.235. The van der Waals surface area contributed by atoms with E-state index in [-0.39, 0.29) is 0 Å². The fourth-order valence-corrected chi connectivity index (χ4v) is 2.25. The van der Waals surface area contributed by atoms with E-state index in [0.717, 1.165) is 30.3 Å². The van der Waals surface area contributed by atoms with E-state index >= 15 is 0 Å². The molecule has 0 amide bonds. The molecule has 0 spiro atoms. The van der Waals surface area contributed by atoms with Crippen LogP contribution >= 0.6 is 0 Å². The quantitative estimate of drug-likeness (QED) is 0.676. The van der Waals surface area contributed by atoms with Crippen LogP contribution in [0.2, 0.25) is 0 Å². The first-order valence-corrected chi connectivity index (χ1v) is 7.65. The molecule has 0 aliphatic rings. The molecule has 0 bridgehead atoms. The Morgan fingerprint density at radius 2 is 2.00 bits per heavy atom. The topological polar surface area (TPSA) is 86.0 Å². The number of nitrogens with two attached hydrogens (primary N) is 1. The van der Waals surface area contributed by atoms with Crippen LogP contribution in [-0.4, -0.2) is 21.5 Å². The van der Waals surface area contributed by atoms with Gasteiger partial charge in [0.15, 0.2) is 11.6 Å². The van der Waals surface area contributed by atoms with Crippen molar-refractivity contribution in [1.82, 2.24) is 15.0 Å². The average Bonchev–Trinajstić information content (AvgIpc) is 2.58. The molecule has 3 N–H and O–H groups in total. The Bertz CT molecular complexity index is 801. The smallest absolute Gasteiger partial charge is 0.248 e. The third-order valence-corrected chi connectivity index (χ3v) is 3.47. The molecule has 23 heavy (non-hydrogen) atoms. The minimum Gasteiger partial charge on any atom is -0.435 e. The van der Waals surface area contributed by atoms with Gasteiger partial charge in [0.25, 0.3) is 0 Å². The number of hydrogen-bond acceptors (Lipinski definition) is 6. The highest BCUT2D eigenvalue weighted by atomic mass is 16.5. The molecule has 0 atom stereocenters. The minimum atomic E-state index is 0.331. The highest BCUT2D eigenvalue weighted by Crippen LogP contribution is 2.32. The number of benzene rings is 1. The molecule has 3 aromatic rings. The van der Waals surface area contributed by atoms with Crippen molar-refractivity contribution in [1.29, 1.82) is 0 Å². The summed E-state index contributed by atoms with van der Waals surface area (Å²) in [5, 5.41) is 4.20. The van der Waals surface area contributed by atoms with Gasteiger partial charge in [0.1, 0.15) is 17.5 Å². The summed E-state index contributed by atoms with van der Waals surface area (Å²) in [7, 11) is 0. The van der Waals surface area contributed by atoms with Gasteiger partial charge in [0, 0.05) is 18.1 Å². The third kappa shape index (κ3) is 3.31. The van der Waals surface area contributed by atoms with E-state index in [1.54, 1.807) is 6.20 Å². The van der Waals surface area contributed by atoms with Gasteiger partial charge in [-0.15, -0.1) is 0 Å². The van der Waals surface area contributed by atoms with Crippen LogP contribution in [0.3, 0.4) is 0 Å². The molecule has 2 heterocycles. The molecule has 118 valence electrons. The largest absolute Gasteiger partial charge is 0.435 e. The number of nitrogens with zero attached hydrogens (tertiary/aromatic N) is 3. The normalized spacial score (nSPS) is 10.7. The van der Waals surface area contributed by atoms with Crippen molar-refractivity contribution in [2.45, 2.75) is 19.8 Å². The van der Waals surface area contributed by atoms with Crippen LogP contribution in [0.1, 0.15) is 19.8 Å². The molecule has 6 nitrogen and oxygen atoms in total. The number of aromatic nitrogens is 3. The molecule has 0 aliphatic heterocycles. The summed E-state index contributed by atoms with van der Waals surface area (Å²) in [6.07, 6.45) is 5.32. The second-order valence-corrected chi connectivity index (χ2v) is 5.15. The lowest BCUT2D eigenvalue weighted by atomic mass is 10.2. The number of pyridine rings is 1. The first kappa shape index (κ1) is 15.0. The summed E-state index contributed by atoms with van der Waals surface area (Å²) in [6.45, 7) is 2.94. The zero-order valence-corrected chi connectivity index (χ0v) is 13.0. The van der Waals surface area contributed by atoms with Crippen LogP contribution in [0, 0.1) is 0 Å². The summed E-state index contributed by atoms with van der Waals surface area (Å²) in [5.74, 6) is 1.54. The lowest BCUT2D eigenvalue weighted by molar-refractivity contribution is 0.468. The van der Waals surface area contributed by atoms with Crippen molar-refractivity contribution >= 4 is 22.4 Å². The molecule has 0 saturated carbocycles. The molecular weight excluding hydrogens is 290 g/mol. The molecule has 0 saturated heterocycles. The Kier molecular flexibility index (Phi) is 4.52. The molecule has 3 rings (SSSR count). The Labute approximate surface area is 134 Å². The van der Waals surface area contributed by atoms with Crippen LogP contribution < -0.4 is 15.8 Å². The van der Waals surface area contributed by atoms with Gasteiger partial charge in [-0.05, 0) is 18.6 Å². The zero-order valence-electron chi connectivity index (χ0n) is 13.0. The molecule has 6 heteroatoms. The molecule has 0 aliphatic carbocycles. The van der Waals surface area contributed by atoms with E-state index in [1.165, 1.54) is 6.33 Å². The van der Waals surface area contributed by atoms with Crippen LogP contribution in [0.5, 0.6) is 11.6 Å². The average molecular weight is 309 g/mol. The predicted molar refractivity (Wildman–Crippen MR) is 91.7 cm³/mol. The second-order valence-electron chi connectivity index (χ2n) is 5.15. The van der Waals surface area contributed by atoms with Crippen LogP contribution in [0.15, 0.2) is 42.9 Å². The monoisotopic (exact) mass is 309 g/mol. The van der Waals surface area contributed by atoms with E-state index in [0.29, 0.717) is 23.1 Å². The number of ether oxygens (including phenoxy) is 1. The molecular formula is C17H19N5O. The van der Waals surface area contributed by atoms with Crippen LogP contribution in [-0.2, 0) is 0 Å². The number of anilines is 2. The standard InChI is InChI=1S/C17H19N5O/c1-2-3-9-20-16-14(18)17(22-11-21-16)23-13-8-4-6-12-7-5-10-19-15(12)13/h4-8,10-11H,2-3,9,18H2,1H3,(H,20,21,22). The van der Waals surface area contributed by atoms with Gasteiger partial charge < -0.3 is 15.8 Å². The number of unbranched alkanes of at least 4 members (excludes halogenated alkanes) is 1. The van der Waals surface area contributed by atoms with E-state index in [2.05, 4.69) is 27.2 Å². The first-order valence-electron chi connectivity index (χ1n) is 7.65. The lowest BCUT2D eigenvalue weighted by Crippen LogP contribution is -2.07. The van der Waals surface area contributed by atoms with E-state index in [9.17, 15) is 0 Å². The number of rotatable bonds is 6. The number of para-hydroxylation sites is 1. The highest BCUT2D eigenvalue weighted by Gasteiger charge is 2.12. The summed E-state index contributed by atoms with van der Waals surface area (Å²) >= 11 is 0. The lowest BCUT2D eigenvalue weighted by Gasteiger charge is -2.12. The van der Waals surface area contributed by atoms with Crippen molar-refractivity contribution in [2.75, 3.05) is 17.6 Å². The predicted octanol–water partition coefficient (Wildman–Crippen LogP) is 3.61. The molecule has 0 fully saturated rings. The second kappa shape index (κ2) is 6.91. The van der Waals surface area contributed by atoms with Gasteiger partial charge in [0.2, 0.25) is 5.88 Å². The van der Waals surface area contributed by atoms with Gasteiger partial charge in [-0.1, -0.05) is 31.5 Å². The number of nitrogen functional groups attached to an aromatic ring is 1. The number of fused-ring (bicyclic) bond motifs is 1. The van der Waals surface area contributed by atoms with Crippen molar-refractivity contribution in [3.05, 3.63) is 42.9 Å². The third-order valence-electron chi connectivity index (χ3n) is 3.47. The van der Waals surface area contributed by atoms with Gasteiger partial charge in [-0.25, -0.2) is 4.98 Å². The van der Waals surface area contributed by atoms with Crippen molar-refractivity contribution < 1.29 is 4.74 Å². The van der Waals surface area contributed by atoms with Crippen LogP contribution in [0.25, 0.3) is 10.9 Å². The summed E-state index contributed by atoms with van der Waals surface area (Å²) in [6, 6.07) is 9.62. The maximum Gasteiger partial charge on any atom is 0.248 e. The van der Waals surface area contributed by atoms with Crippen LogP contribution in [0.4, 0.5) is 11.5 Å². The maximum absolute atomic E-state index is 6.12. The Hall–Kier alpha value is -2.89. The molecule has 0 unspecified atom stereocenters. The Morgan fingerprint density at radius 3 is 2.87 bits per heavy atom. The molecule has 2 aromatic heterocycles. The number of nitrogens with one attached hydrogen (secondary N) is 1. The fourth-order valence-electron chi connectivity index (χ4n) is 2.25. The Balaban J connectivity index is 1.89. The van der Waals surface area contributed by atoms with Crippen molar-refractivity contribution in [3.63, 3.8) is 0 Å².